The Morgan fingerprint density at radius 1 is 1.06 bits per heavy atom. The van der Waals surface area contributed by atoms with E-state index < -0.39 is 0 Å². The molecule has 0 unspecified atom stereocenters. The molecule has 0 radical (unpaired) electrons. The van der Waals surface area contributed by atoms with Crippen molar-refractivity contribution >= 4 is 17.7 Å². The number of benzene rings is 2. The lowest BCUT2D eigenvalue weighted by Gasteiger charge is -2.24. The van der Waals surface area contributed by atoms with Gasteiger partial charge in [-0.1, -0.05) is 24.3 Å². The Bertz CT molecular complexity index is 554. The molecule has 2 aromatic carbocycles. The highest BCUT2D eigenvalue weighted by atomic mass is 19.1. The predicted octanol–water partition coefficient (Wildman–Crippen LogP) is 3.80. The van der Waals surface area contributed by atoms with E-state index in [4.69, 9.17) is 0 Å². The molecule has 0 saturated heterocycles. The Labute approximate surface area is 106 Å². The van der Waals surface area contributed by atoms with Gasteiger partial charge in [0.05, 0.1) is 11.4 Å². The Hall–Kier alpha value is -2.16. The molecule has 2 rings (SSSR count). The van der Waals surface area contributed by atoms with Gasteiger partial charge in [0.15, 0.2) is 6.29 Å². The van der Waals surface area contributed by atoms with Crippen molar-refractivity contribution in [1.29, 1.82) is 0 Å². The number of anilines is 2. The highest BCUT2D eigenvalue weighted by Gasteiger charge is 2.14. The second kappa shape index (κ2) is 5.45. The molecule has 0 saturated carbocycles. The topological polar surface area (TPSA) is 20.3 Å². The maximum atomic E-state index is 13.8. The largest absolute Gasteiger partial charge is 0.339 e. The third-order valence-electron chi connectivity index (χ3n) is 2.81. The molecule has 2 nitrogen and oxygen atoms in total. The number of aldehydes is 1. The third kappa shape index (κ3) is 2.25. The first-order valence-corrected chi connectivity index (χ1v) is 5.84. The third-order valence-corrected chi connectivity index (χ3v) is 2.81. The summed E-state index contributed by atoms with van der Waals surface area (Å²) in [6.07, 6.45) is 0.791. The molecule has 0 aliphatic rings. The predicted molar refractivity (Wildman–Crippen MR) is 70.9 cm³/mol. The van der Waals surface area contributed by atoms with Gasteiger partial charge in [-0.3, -0.25) is 4.79 Å². The molecule has 2 aromatic rings. The van der Waals surface area contributed by atoms with E-state index in [1.807, 2.05) is 19.1 Å². The van der Waals surface area contributed by atoms with Crippen LogP contribution in [0.3, 0.4) is 0 Å². The molecule has 0 bridgehead atoms. The van der Waals surface area contributed by atoms with E-state index in [0.717, 1.165) is 12.0 Å². The zero-order valence-electron chi connectivity index (χ0n) is 10.1. The van der Waals surface area contributed by atoms with Crippen molar-refractivity contribution in [2.75, 3.05) is 11.4 Å². The lowest BCUT2D eigenvalue weighted by Crippen LogP contribution is -2.18. The minimum absolute atomic E-state index is 0.292. The zero-order chi connectivity index (χ0) is 13.0. The number of halogens is 1. The standard InChI is InChI=1S/C15H14FNO/c1-2-17(15-10-6-4-8-13(15)16)14-9-5-3-7-12(14)11-18/h3-11H,2H2,1H3. The molecule has 0 heterocycles. The monoisotopic (exact) mass is 243 g/mol. The summed E-state index contributed by atoms with van der Waals surface area (Å²) >= 11 is 0. The highest BCUT2D eigenvalue weighted by molar-refractivity contribution is 5.86. The van der Waals surface area contributed by atoms with E-state index >= 15 is 0 Å². The summed E-state index contributed by atoms with van der Waals surface area (Å²) in [5.41, 5.74) is 1.76. The van der Waals surface area contributed by atoms with Crippen LogP contribution in [0.4, 0.5) is 15.8 Å². The Balaban J connectivity index is 2.52. The van der Waals surface area contributed by atoms with Gasteiger partial charge in [0, 0.05) is 12.1 Å². The van der Waals surface area contributed by atoms with E-state index in [2.05, 4.69) is 0 Å². The summed E-state index contributed by atoms with van der Waals surface area (Å²) in [5, 5.41) is 0. The van der Waals surface area contributed by atoms with Crippen LogP contribution in [0.1, 0.15) is 17.3 Å². The quantitative estimate of drug-likeness (QED) is 0.761. The zero-order valence-corrected chi connectivity index (χ0v) is 10.1. The minimum atomic E-state index is -0.292. The smallest absolute Gasteiger partial charge is 0.152 e. The molecule has 0 amide bonds. The molecular weight excluding hydrogens is 229 g/mol. The van der Waals surface area contributed by atoms with Crippen molar-refractivity contribution in [2.24, 2.45) is 0 Å². The molecule has 92 valence electrons. The van der Waals surface area contributed by atoms with Gasteiger partial charge in [-0.25, -0.2) is 4.39 Å². The fraction of sp³-hybridized carbons (Fsp3) is 0.133. The molecule has 0 fully saturated rings. The van der Waals surface area contributed by atoms with E-state index in [-0.39, 0.29) is 5.82 Å². The second-order valence-corrected chi connectivity index (χ2v) is 3.87. The van der Waals surface area contributed by atoms with E-state index in [1.165, 1.54) is 6.07 Å². The summed E-state index contributed by atoms with van der Waals surface area (Å²) in [6.45, 7) is 2.51. The van der Waals surface area contributed by atoms with Crippen LogP contribution in [0.15, 0.2) is 48.5 Å². The Morgan fingerprint density at radius 2 is 1.67 bits per heavy atom. The van der Waals surface area contributed by atoms with Gasteiger partial charge >= 0.3 is 0 Å². The first-order chi connectivity index (χ1) is 8.77. The van der Waals surface area contributed by atoms with Gasteiger partial charge in [0.25, 0.3) is 0 Å². The van der Waals surface area contributed by atoms with Gasteiger partial charge in [-0.05, 0) is 31.2 Å². The summed E-state index contributed by atoms with van der Waals surface area (Å²) < 4.78 is 13.8. The van der Waals surface area contributed by atoms with E-state index in [0.29, 0.717) is 17.8 Å². The van der Waals surface area contributed by atoms with Gasteiger partial charge < -0.3 is 4.90 Å². The molecule has 0 atom stereocenters. The lowest BCUT2D eigenvalue weighted by atomic mass is 10.1. The first-order valence-electron chi connectivity index (χ1n) is 5.84. The number of carbonyl (C=O) groups excluding carboxylic acids is 1. The van der Waals surface area contributed by atoms with Crippen molar-refractivity contribution in [2.45, 2.75) is 6.92 Å². The number of hydrogen-bond acceptors (Lipinski definition) is 2. The Morgan fingerprint density at radius 3 is 2.28 bits per heavy atom. The molecule has 3 heteroatoms. The van der Waals surface area contributed by atoms with Crippen LogP contribution >= 0.6 is 0 Å². The minimum Gasteiger partial charge on any atom is -0.339 e. The van der Waals surface area contributed by atoms with Crippen LogP contribution in [0.25, 0.3) is 0 Å². The van der Waals surface area contributed by atoms with Crippen LogP contribution < -0.4 is 4.90 Å². The van der Waals surface area contributed by atoms with Crippen molar-refractivity contribution in [3.63, 3.8) is 0 Å². The fourth-order valence-corrected chi connectivity index (χ4v) is 1.97. The fourth-order valence-electron chi connectivity index (χ4n) is 1.97. The summed E-state index contributed by atoms with van der Waals surface area (Å²) in [4.78, 5) is 12.8. The van der Waals surface area contributed by atoms with Crippen molar-refractivity contribution in [3.8, 4) is 0 Å². The molecule has 0 N–H and O–H groups in total. The van der Waals surface area contributed by atoms with Gasteiger partial charge in [0.2, 0.25) is 0 Å². The average molecular weight is 243 g/mol. The van der Waals surface area contributed by atoms with Gasteiger partial charge in [0.1, 0.15) is 5.82 Å². The number of nitrogens with zero attached hydrogens (tertiary/aromatic N) is 1. The van der Waals surface area contributed by atoms with Crippen LogP contribution in [0, 0.1) is 5.82 Å². The lowest BCUT2D eigenvalue weighted by molar-refractivity contribution is 0.112. The maximum absolute atomic E-state index is 13.8. The van der Waals surface area contributed by atoms with E-state index in [9.17, 15) is 9.18 Å². The number of carbonyl (C=O) groups is 1. The molecule has 0 aliphatic heterocycles. The molecule has 0 aliphatic carbocycles. The number of rotatable bonds is 4. The summed E-state index contributed by atoms with van der Waals surface area (Å²) in [6, 6.07) is 13.7. The van der Waals surface area contributed by atoms with Crippen LogP contribution in [-0.4, -0.2) is 12.8 Å². The highest BCUT2D eigenvalue weighted by Crippen LogP contribution is 2.29. The van der Waals surface area contributed by atoms with Gasteiger partial charge in [-0.15, -0.1) is 0 Å². The Kier molecular flexibility index (Phi) is 3.72. The maximum Gasteiger partial charge on any atom is 0.152 e. The number of hydrogen-bond donors (Lipinski definition) is 0. The number of para-hydroxylation sites is 2. The summed E-state index contributed by atoms with van der Waals surface area (Å²) in [5.74, 6) is -0.292. The SMILES string of the molecule is CCN(c1ccccc1F)c1ccccc1C=O. The van der Waals surface area contributed by atoms with Crippen LogP contribution in [-0.2, 0) is 0 Å². The van der Waals surface area contributed by atoms with Crippen molar-refractivity contribution in [1.82, 2.24) is 0 Å². The molecule has 18 heavy (non-hydrogen) atoms. The van der Waals surface area contributed by atoms with Crippen LogP contribution in [0.2, 0.25) is 0 Å². The van der Waals surface area contributed by atoms with Crippen molar-refractivity contribution in [3.05, 3.63) is 59.9 Å². The van der Waals surface area contributed by atoms with Crippen molar-refractivity contribution < 1.29 is 9.18 Å². The molecule has 0 aromatic heterocycles. The molecular formula is C15H14FNO. The normalized spacial score (nSPS) is 10.1. The second-order valence-electron chi connectivity index (χ2n) is 3.87. The van der Waals surface area contributed by atoms with E-state index in [1.54, 1.807) is 35.2 Å². The average Bonchev–Trinajstić information content (AvgIpc) is 2.42. The first kappa shape index (κ1) is 12.3. The summed E-state index contributed by atoms with van der Waals surface area (Å²) in [7, 11) is 0. The molecule has 0 spiro atoms. The van der Waals surface area contributed by atoms with Crippen LogP contribution in [0.5, 0.6) is 0 Å². The van der Waals surface area contributed by atoms with Gasteiger partial charge in [-0.2, -0.15) is 0 Å².